The molecule has 1 aliphatic rings. The van der Waals surface area contributed by atoms with Crippen LogP contribution >= 0.6 is 0 Å². The zero-order chi connectivity index (χ0) is 22.4. The lowest BCUT2D eigenvalue weighted by Crippen LogP contribution is -2.49. The van der Waals surface area contributed by atoms with Crippen LogP contribution in [-0.4, -0.2) is 62.0 Å². The van der Waals surface area contributed by atoms with E-state index < -0.39 is 10.0 Å². The maximum atomic E-state index is 13.3. The number of likely N-dealkylation sites (tertiary alicyclic amines) is 1. The highest BCUT2D eigenvalue weighted by Crippen LogP contribution is 2.22. The molecule has 0 unspecified atom stereocenters. The van der Waals surface area contributed by atoms with Crippen LogP contribution in [0.4, 0.5) is 5.69 Å². The Hall–Kier alpha value is -2.87. The van der Waals surface area contributed by atoms with Crippen molar-refractivity contribution < 1.29 is 18.0 Å². The molecule has 0 radical (unpaired) electrons. The smallest absolute Gasteiger partial charge is 0.254 e. The molecule has 1 N–H and O–H groups in total. The molecule has 1 fully saturated rings. The van der Waals surface area contributed by atoms with Crippen molar-refractivity contribution in [3.63, 3.8) is 0 Å². The molecule has 0 aliphatic carbocycles. The van der Waals surface area contributed by atoms with Crippen LogP contribution in [0, 0.1) is 0 Å². The summed E-state index contributed by atoms with van der Waals surface area (Å²) in [6.07, 6.45) is 3.32. The van der Waals surface area contributed by atoms with Gasteiger partial charge in [-0.1, -0.05) is 31.2 Å². The molecule has 0 aromatic heterocycles. The quantitative estimate of drug-likeness (QED) is 0.712. The van der Waals surface area contributed by atoms with Crippen molar-refractivity contribution in [1.29, 1.82) is 0 Å². The number of carbonyl (C=O) groups excluding carboxylic acids is 2. The minimum atomic E-state index is -3.42. The van der Waals surface area contributed by atoms with Crippen LogP contribution in [0.3, 0.4) is 0 Å². The Morgan fingerprint density at radius 2 is 1.68 bits per heavy atom. The average Bonchev–Trinajstić information content (AvgIpc) is 2.76. The molecule has 3 rings (SSSR count). The van der Waals surface area contributed by atoms with E-state index in [1.165, 1.54) is 0 Å². The Balaban J connectivity index is 1.69. The van der Waals surface area contributed by atoms with E-state index in [0.29, 0.717) is 49.3 Å². The predicted molar refractivity (Wildman–Crippen MR) is 122 cm³/mol. The van der Waals surface area contributed by atoms with E-state index >= 15 is 0 Å². The maximum absolute atomic E-state index is 13.3. The highest BCUT2D eigenvalue weighted by atomic mass is 32.2. The first-order valence-corrected chi connectivity index (χ1v) is 12.4. The zero-order valence-corrected chi connectivity index (χ0v) is 18.8. The van der Waals surface area contributed by atoms with Gasteiger partial charge in [0.15, 0.2) is 0 Å². The van der Waals surface area contributed by atoms with Gasteiger partial charge in [0.05, 0.1) is 6.26 Å². The highest BCUT2D eigenvalue weighted by molar-refractivity contribution is 7.92. The summed E-state index contributed by atoms with van der Waals surface area (Å²) in [4.78, 5) is 29.7. The fraction of sp³-hybridized carbons (Fsp3) is 0.391. The van der Waals surface area contributed by atoms with Gasteiger partial charge in [0, 0.05) is 42.5 Å². The molecule has 7 nitrogen and oxygen atoms in total. The van der Waals surface area contributed by atoms with Gasteiger partial charge in [0.25, 0.3) is 11.8 Å². The summed E-state index contributed by atoms with van der Waals surface area (Å²) in [6, 6.07) is 15.8. The zero-order valence-electron chi connectivity index (χ0n) is 18.0. The molecule has 1 heterocycles. The van der Waals surface area contributed by atoms with E-state index in [1.807, 2.05) is 47.1 Å². The standard InChI is InChI=1S/C23H29N3O4S/c1-3-14-26(23(28)19-10-7-11-20(17-19)24-31(2,29)30)21-12-15-25(16-13-21)22(27)18-8-5-4-6-9-18/h4-11,17,21,24H,3,12-16H2,1-2H3. The lowest BCUT2D eigenvalue weighted by molar-refractivity contribution is 0.0519. The molecule has 2 aromatic carbocycles. The first-order valence-electron chi connectivity index (χ1n) is 10.5. The molecule has 31 heavy (non-hydrogen) atoms. The maximum Gasteiger partial charge on any atom is 0.254 e. The molecular weight excluding hydrogens is 414 g/mol. The van der Waals surface area contributed by atoms with Crippen molar-refractivity contribution >= 4 is 27.5 Å². The summed E-state index contributed by atoms with van der Waals surface area (Å²) in [5.74, 6) is -0.0983. The van der Waals surface area contributed by atoms with E-state index in [1.54, 1.807) is 24.3 Å². The van der Waals surface area contributed by atoms with Gasteiger partial charge in [0.2, 0.25) is 10.0 Å². The van der Waals surface area contributed by atoms with Gasteiger partial charge < -0.3 is 9.80 Å². The highest BCUT2D eigenvalue weighted by Gasteiger charge is 2.30. The third-order valence-electron chi connectivity index (χ3n) is 5.35. The molecule has 1 aliphatic heterocycles. The lowest BCUT2D eigenvalue weighted by atomic mass is 10.0. The van der Waals surface area contributed by atoms with Crippen molar-refractivity contribution in [3.05, 3.63) is 65.7 Å². The number of nitrogens with one attached hydrogen (secondary N) is 1. The number of sulfonamides is 1. The minimum Gasteiger partial charge on any atom is -0.338 e. The van der Waals surface area contributed by atoms with Crippen molar-refractivity contribution in [1.82, 2.24) is 9.80 Å². The van der Waals surface area contributed by atoms with Gasteiger partial charge >= 0.3 is 0 Å². The Labute approximate surface area is 184 Å². The molecule has 0 atom stereocenters. The van der Waals surface area contributed by atoms with Gasteiger partial charge in [-0.25, -0.2) is 8.42 Å². The Bertz CT molecular complexity index is 1020. The molecule has 1 saturated heterocycles. The summed E-state index contributed by atoms with van der Waals surface area (Å²) >= 11 is 0. The number of anilines is 1. The van der Waals surface area contributed by atoms with E-state index in [0.717, 1.165) is 12.7 Å². The van der Waals surface area contributed by atoms with Crippen molar-refractivity contribution in [3.8, 4) is 0 Å². The Morgan fingerprint density at radius 3 is 2.29 bits per heavy atom. The van der Waals surface area contributed by atoms with Crippen LogP contribution in [0.2, 0.25) is 0 Å². The van der Waals surface area contributed by atoms with E-state index in [-0.39, 0.29) is 17.9 Å². The second-order valence-corrected chi connectivity index (χ2v) is 9.59. The third kappa shape index (κ3) is 6.07. The first-order chi connectivity index (χ1) is 14.8. The number of nitrogens with zero attached hydrogens (tertiary/aromatic N) is 2. The van der Waals surface area contributed by atoms with Crippen LogP contribution in [-0.2, 0) is 10.0 Å². The molecule has 0 spiro atoms. The van der Waals surface area contributed by atoms with Gasteiger partial charge in [-0.2, -0.15) is 0 Å². The number of carbonyl (C=O) groups is 2. The molecule has 0 bridgehead atoms. The third-order valence-corrected chi connectivity index (χ3v) is 5.96. The summed E-state index contributed by atoms with van der Waals surface area (Å²) in [6.45, 7) is 3.83. The second kappa shape index (κ2) is 9.96. The molecule has 166 valence electrons. The fourth-order valence-electron chi connectivity index (χ4n) is 3.93. The van der Waals surface area contributed by atoms with E-state index in [2.05, 4.69) is 4.72 Å². The SMILES string of the molecule is CCCN(C(=O)c1cccc(NS(C)(=O)=O)c1)C1CCN(C(=O)c2ccccc2)CC1. The molecule has 8 heteroatoms. The Kier molecular flexibility index (Phi) is 7.33. The Morgan fingerprint density at radius 1 is 1.03 bits per heavy atom. The van der Waals surface area contributed by atoms with Crippen LogP contribution in [0.25, 0.3) is 0 Å². The lowest BCUT2D eigenvalue weighted by Gasteiger charge is -2.38. The van der Waals surface area contributed by atoms with Crippen LogP contribution in [0.15, 0.2) is 54.6 Å². The van der Waals surface area contributed by atoms with Gasteiger partial charge in [-0.05, 0) is 49.6 Å². The van der Waals surface area contributed by atoms with E-state index in [9.17, 15) is 18.0 Å². The normalized spacial score (nSPS) is 14.8. The van der Waals surface area contributed by atoms with Crippen molar-refractivity contribution in [2.45, 2.75) is 32.2 Å². The number of benzene rings is 2. The minimum absolute atomic E-state index is 0.0203. The number of amides is 2. The fourth-order valence-corrected chi connectivity index (χ4v) is 4.49. The molecule has 2 aromatic rings. The summed E-state index contributed by atoms with van der Waals surface area (Å²) in [5, 5.41) is 0. The monoisotopic (exact) mass is 443 g/mol. The average molecular weight is 444 g/mol. The molecular formula is C23H29N3O4S. The second-order valence-electron chi connectivity index (χ2n) is 7.84. The van der Waals surface area contributed by atoms with Gasteiger partial charge in [0.1, 0.15) is 0 Å². The summed E-state index contributed by atoms with van der Waals surface area (Å²) in [7, 11) is -3.42. The van der Waals surface area contributed by atoms with Gasteiger partial charge in [-0.3, -0.25) is 14.3 Å². The first kappa shape index (κ1) is 22.8. The van der Waals surface area contributed by atoms with Crippen molar-refractivity contribution in [2.75, 3.05) is 30.6 Å². The van der Waals surface area contributed by atoms with Crippen molar-refractivity contribution in [2.24, 2.45) is 0 Å². The topological polar surface area (TPSA) is 86.8 Å². The number of hydrogen-bond donors (Lipinski definition) is 1. The summed E-state index contributed by atoms with van der Waals surface area (Å²) < 4.78 is 25.4. The largest absolute Gasteiger partial charge is 0.338 e. The predicted octanol–water partition coefficient (Wildman–Crippen LogP) is 3.22. The molecule has 0 saturated carbocycles. The summed E-state index contributed by atoms with van der Waals surface area (Å²) in [5.41, 5.74) is 1.50. The number of piperidine rings is 1. The van der Waals surface area contributed by atoms with Crippen LogP contribution in [0.1, 0.15) is 46.9 Å². The number of rotatable bonds is 7. The van der Waals surface area contributed by atoms with E-state index in [4.69, 9.17) is 0 Å². The van der Waals surface area contributed by atoms with Crippen LogP contribution in [0.5, 0.6) is 0 Å². The van der Waals surface area contributed by atoms with Crippen LogP contribution < -0.4 is 4.72 Å². The number of hydrogen-bond acceptors (Lipinski definition) is 4. The molecule has 2 amide bonds. The van der Waals surface area contributed by atoms with Gasteiger partial charge in [-0.15, -0.1) is 0 Å².